The lowest BCUT2D eigenvalue weighted by molar-refractivity contribution is 0.0951. The quantitative estimate of drug-likeness (QED) is 0.740. The average Bonchev–Trinajstić information content (AvgIpc) is 2.62. The Balaban J connectivity index is 2.03. The van der Waals surface area contributed by atoms with Gasteiger partial charge < -0.3 is 10.2 Å². The molecule has 0 bridgehead atoms. The lowest BCUT2D eigenvalue weighted by Crippen LogP contribution is -2.31. The normalized spacial score (nSPS) is 12.8. The highest BCUT2D eigenvalue weighted by atomic mass is 32.2. The van der Waals surface area contributed by atoms with Crippen LogP contribution in [0.4, 0.5) is 0 Å². The van der Waals surface area contributed by atoms with Crippen molar-refractivity contribution in [2.45, 2.75) is 17.9 Å². The lowest BCUT2D eigenvalue weighted by Gasteiger charge is -2.15. The van der Waals surface area contributed by atoms with E-state index in [1.807, 2.05) is 49.3 Å². The molecule has 0 radical (unpaired) electrons. The SMILES string of the molecule is CC(NS(=O)(=O)c1ccc(C(=O)NCCN(C)C)cc1)c1ccccc1. The summed E-state index contributed by atoms with van der Waals surface area (Å²) in [4.78, 5) is 14.2. The smallest absolute Gasteiger partial charge is 0.251 e. The maximum atomic E-state index is 12.5. The minimum Gasteiger partial charge on any atom is -0.351 e. The Kier molecular flexibility index (Phi) is 6.90. The van der Waals surface area contributed by atoms with Crippen LogP contribution in [0, 0.1) is 0 Å². The molecule has 0 saturated heterocycles. The van der Waals surface area contributed by atoms with Gasteiger partial charge in [-0.15, -0.1) is 0 Å². The summed E-state index contributed by atoms with van der Waals surface area (Å²) in [5.74, 6) is -0.221. The van der Waals surface area contributed by atoms with Gasteiger partial charge in [-0.05, 0) is 50.8 Å². The van der Waals surface area contributed by atoms with E-state index >= 15 is 0 Å². The maximum absolute atomic E-state index is 12.5. The molecule has 6 nitrogen and oxygen atoms in total. The fraction of sp³-hybridized carbons (Fsp3) is 0.316. The van der Waals surface area contributed by atoms with E-state index in [1.165, 1.54) is 24.3 Å². The van der Waals surface area contributed by atoms with Crippen LogP contribution in [0.1, 0.15) is 28.9 Å². The molecule has 0 heterocycles. The van der Waals surface area contributed by atoms with Crippen LogP contribution in [-0.4, -0.2) is 46.4 Å². The Bertz CT molecular complexity index is 819. The molecule has 0 aliphatic carbocycles. The minimum atomic E-state index is -3.67. The van der Waals surface area contributed by atoms with Gasteiger partial charge in [0.1, 0.15) is 0 Å². The number of benzene rings is 2. The van der Waals surface area contributed by atoms with E-state index in [0.717, 1.165) is 12.1 Å². The first-order valence-corrected chi connectivity index (χ1v) is 9.88. The van der Waals surface area contributed by atoms with Crippen molar-refractivity contribution in [3.63, 3.8) is 0 Å². The Hall–Kier alpha value is -2.22. The molecular weight excluding hydrogens is 350 g/mol. The second kappa shape index (κ2) is 8.93. The number of nitrogens with zero attached hydrogens (tertiary/aromatic N) is 1. The number of sulfonamides is 1. The van der Waals surface area contributed by atoms with Crippen molar-refractivity contribution in [1.29, 1.82) is 0 Å². The van der Waals surface area contributed by atoms with Crippen molar-refractivity contribution in [1.82, 2.24) is 14.9 Å². The van der Waals surface area contributed by atoms with Gasteiger partial charge in [0.2, 0.25) is 10.0 Å². The van der Waals surface area contributed by atoms with Gasteiger partial charge in [-0.1, -0.05) is 30.3 Å². The van der Waals surface area contributed by atoms with Crippen molar-refractivity contribution < 1.29 is 13.2 Å². The minimum absolute atomic E-state index is 0.130. The number of hydrogen-bond donors (Lipinski definition) is 2. The van der Waals surface area contributed by atoms with Gasteiger partial charge in [0.05, 0.1) is 4.90 Å². The van der Waals surface area contributed by atoms with E-state index in [9.17, 15) is 13.2 Å². The highest BCUT2D eigenvalue weighted by Gasteiger charge is 2.18. The molecule has 0 fully saturated rings. The Labute approximate surface area is 155 Å². The molecule has 2 rings (SSSR count). The number of nitrogens with one attached hydrogen (secondary N) is 2. The molecule has 0 aromatic heterocycles. The third-order valence-electron chi connectivity index (χ3n) is 3.90. The standard InChI is InChI=1S/C19H25N3O3S/c1-15(16-7-5-4-6-8-16)21-26(24,25)18-11-9-17(10-12-18)19(23)20-13-14-22(2)3/h4-12,15,21H,13-14H2,1-3H3,(H,20,23). The molecule has 2 N–H and O–H groups in total. The topological polar surface area (TPSA) is 78.5 Å². The van der Waals surface area contributed by atoms with Crippen molar-refractivity contribution in [2.24, 2.45) is 0 Å². The molecule has 2 aromatic carbocycles. The van der Waals surface area contributed by atoms with Crippen LogP contribution in [0.25, 0.3) is 0 Å². The zero-order valence-electron chi connectivity index (χ0n) is 15.3. The van der Waals surface area contributed by atoms with E-state index in [-0.39, 0.29) is 16.8 Å². The predicted octanol–water partition coefficient (Wildman–Crippen LogP) is 2.02. The molecule has 1 amide bonds. The summed E-state index contributed by atoms with van der Waals surface area (Å²) in [6.45, 7) is 3.06. The summed E-state index contributed by atoms with van der Waals surface area (Å²) in [5, 5.41) is 2.80. The fourth-order valence-corrected chi connectivity index (χ4v) is 3.62. The van der Waals surface area contributed by atoms with Gasteiger partial charge in [0.15, 0.2) is 0 Å². The second-order valence-electron chi connectivity index (χ2n) is 6.34. The van der Waals surface area contributed by atoms with Gasteiger partial charge in [0, 0.05) is 24.7 Å². The van der Waals surface area contributed by atoms with Crippen molar-refractivity contribution in [3.8, 4) is 0 Å². The molecule has 7 heteroatoms. The molecule has 1 atom stereocenters. The summed E-state index contributed by atoms with van der Waals surface area (Å²) in [6.07, 6.45) is 0. The van der Waals surface area contributed by atoms with Crippen molar-refractivity contribution in [3.05, 3.63) is 65.7 Å². The third kappa shape index (κ3) is 5.66. The summed E-state index contributed by atoms with van der Waals surface area (Å²) in [7, 11) is 0.185. The van der Waals surface area contributed by atoms with Gasteiger partial charge in [-0.2, -0.15) is 0 Å². The molecule has 0 saturated carbocycles. The van der Waals surface area contributed by atoms with Crippen molar-refractivity contribution in [2.75, 3.05) is 27.2 Å². The Morgan fingerprint density at radius 2 is 1.65 bits per heavy atom. The number of carbonyl (C=O) groups is 1. The number of likely N-dealkylation sites (N-methyl/N-ethyl adjacent to an activating group) is 1. The van der Waals surface area contributed by atoms with E-state index in [2.05, 4.69) is 10.0 Å². The van der Waals surface area contributed by atoms with E-state index in [0.29, 0.717) is 12.1 Å². The van der Waals surface area contributed by atoms with E-state index in [4.69, 9.17) is 0 Å². The predicted molar refractivity (Wildman–Crippen MR) is 103 cm³/mol. The average molecular weight is 375 g/mol. The summed E-state index contributed by atoms with van der Waals surface area (Å²) in [6, 6.07) is 14.9. The Morgan fingerprint density at radius 1 is 1.04 bits per heavy atom. The van der Waals surface area contributed by atoms with Crippen LogP contribution in [0.3, 0.4) is 0 Å². The Morgan fingerprint density at radius 3 is 2.23 bits per heavy atom. The van der Waals surface area contributed by atoms with Crippen molar-refractivity contribution >= 4 is 15.9 Å². The summed E-state index contributed by atoms with van der Waals surface area (Å²) >= 11 is 0. The molecule has 0 spiro atoms. The summed E-state index contributed by atoms with van der Waals surface area (Å²) < 4.78 is 27.7. The van der Waals surface area contributed by atoms with Crippen LogP contribution >= 0.6 is 0 Å². The van der Waals surface area contributed by atoms with Gasteiger partial charge in [-0.3, -0.25) is 4.79 Å². The third-order valence-corrected chi connectivity index (χ3v) is 5.46. The molecule has 26 heavy (non-hydrogen) atoms. The zero-order chi connectivity index (χ0) is 19.2. The molecule has 2 aromatic rings. The van der Waals surface area contributed by atoms with Crippen LogP contribution in [0.5, 0.6) is 0 Å². The molecule has 0 aliphatic heterocycles. The van der Waals surface area contributed by atoms with Crippen LogP contribution in [0.2, 0.25) is 0 Å². The monoisotopic (exact) mass is 375 g/mol. The first-order chi connectivity index (χ1) is 12.3. The highest BCUT2D eigenvalue weighted by molar-refractivity contribution is 7.89. The second-order valence-corrected chi connectivity index (χ2v) is 8.05. The highest BCUT2D eigenvalue weighted by Crippen LogP contribution is 2.17. The number of rotatable bonds is 8. The maximum Gasteiger partial charge on any atom is 0.251 e. The first kappa shape index (κ1) is 20.1. The molecule has 1 unspecified atom stereocenters. The van der Waals surface area contributed by atoms with Gasteiger partial charge in [0.25, 0.3) is 5.91 Å². The molecule has 140 valence electrons. The number of hydrogen-bond acceptors (Lipinski definition) is 4. The number of carbonyl (C=O) groups excluding carboxylic acids is 1. The van der Waals surface area contributed by atoms with E-state index in [1.54, 1.807) is 6.92 Å². The van der Waals surface area contributed by atoms with Crippen LogP contribution in [-0.2, 0) is 10.0 Å². The molecular formula is C19H25N3O3S. The first-order valence-electron chi connectivity index (χ1n) is 8.40. The fourth-order valence-electron chi connectivity index (χ4n) is 2.39. The van der Waals surface area contributed by atoms with Crippen LogP contribution < -0.4 is 10.0 Å². The van der Waals surface area contributed by atoms with E-state index < -0.39 is 10.0 Å². The zero-order valence-corrected chi connectivity index (χ0v) is 16.1. The largest absolute Gasteiger partial charge is 0.351 e. The lowest BCUT2D eigenvalue weighted by atomic mass is 10.1. The summed E-state index contributed by atoms with van der Waals surface area (Å²) in [5.41, 5.74) is 1.31. The van der Waals surface area contributed by atoms with Crippen LogP contribution in [0.15, 0.2) is 59.5 Å². The van der Waals surface area contributed by atoms with Gasteiger partial charge in [-0.25, -0.2) is 13.1 Å². The number of amides is 1. The molecule has 0 aliphatic rings. The van der Waals surface area contributed by atoms with Gasteiger partial charge >= 0.3 is 0 Å².